The van der Waals surface area contributed by atoms with Crippen LogP contribution >= 0.6 is 11.3 Å². The predicted molar refractivity (Wildman–Crippen MR) is 158 cm³/mol. The van der Waals surface area contributed by atoms with E-state index in [2.05, 4.69) is 62.7 Å². The van der Waals surface area contributed by atoms with Gasteiger partial charge in [0, 0.05) is 35.8 Å². The van der Waals surface area contributed by atoms with Crippen LogP contribution in [0.5, 0.6) is 5.75 Å². The van der Waals surface area contributed by atoms with Crippen molar-refractivity contribution in [2.24, 2.45) is 0 Å². The van der Waals surface area contributed by atoms with Gasteiger partial charge >= 0.3 is 0 Å². The number of fused-ring (bicyclic) bond motifs is 1. The molecule has 4 heterocycles. The molecule has 0 saturated carbocycles. The average Bonchev–Trinajstić information content (AvgIpc) is 3.73. The number of likely N-dealkylation sites (tertiary alicyclic amines) is 2. The van der Waals surface area contributed by atoms with Crippen LogP contribution in [0.2, 0.25) is 0 Å². The molecule has 2 aromatic heterocycles. The van der Waals surface area contributed by atoms with Crippen molar-refractivity contribution in [1.82, 2.24) is 20.0 Å². The monoisotopic (exact) mass is 543 g/mol. The van der Waals surface area contributed by atoms with E-state index >= 15 is 0 Å². The Morgan fingerprint density at radius 1 is 1.03 bits per heavy atom. The molecule has 2 saturated heterocycles. The number of H-pyrrole nitrogens is 1. The minimum absolute atomic E-state index is 0.0143. The molecule has 0 aliphatic carbocycles. The fraction of sp³-hybridized carbons (Fsp3) is 0.419. The average molecular weight is 544 g/mol. The van der Waals surface area contributed by atoms with Crippen molar-refractivity contribution in [1.29, 1.82) is 0 Å². The molecule has 0 radical (unpaired) electrons. The van der Waals surface area contributed by atoms with Crippen LogP contribution in [0.4, 0.5) is 5.69 Å². The largest absolute Gasteiger partial charge is 0.490 e. The van der Waals surface area contributed by atoms with Crippen LogP contribution in [0.3, 0.4) is 0 Å². The molecule has 8 heteroatoms. The summed E-state index contributed by atoms with van der Waals surface area (Å²) in [5, 5.41) is 16.1. The first kappa shape index (κ1) is 26.0. The van der Waals surface area contributed by atoms with E-state index in [0.717, 1.165) is 91.0 Å². The minimum atomic E-state index is -0.261. The number of aromatic amines is 1. The summed E-state index contributed by atoms with van der Waals surface area (Å²) in [5.74, 6) is 0.913. The molecule has 2 N–H and O–H groups in total. The van der Waals surface area contributed by atoms with E-state index in [9.17, 15) is 4.79 Å². The molecule has 1 amide bonds. The van der Waals surface area contributed by atoms with Crippen molar-refractivity contribution in [2.75, 3.05) is 31.5 Å². The van der Waals surface area contributed by atoms with E-state index in [1.165, 1.54) is 0 Å². The van der Waals surface area contributed by atoms with Gasteiger partial charge in [-0.15, -0.1) is 0 Å². The molecule has 2 aromatic carbocycles. The summed E-state index contributed by atoms with van der Waals surface area (Å²) in [6, 6.07) is 16.6. The predicted octanol–water partition coefficient (Wildman–Crippen LogP) is 6.32. The van der Waals surface area contributed by atoms with Crippen LogP contribution in [0.15, 0.2) is 59.3 Å². The molecule has 2 aliphatic heterocycles. The van der Waals surface area contributed by atoms with Crippen LogP contribution in [0, 0.1) is 0 Å². The molecule has 1 unspecified atom stereocenters. The molecule has 0 bridgehead atoms. The van der Waals surface area contributed by atoms with Gasteiger partial charge in [0.25, 0.3) is 0 Å². The zero-order chi connectivity index (χ0) is 26.8. The minimum Gasteiger partial charge on any atom is -0.490 e. The van der Waals surface area contributed by atoms with E-state index in [1.807, 2.05) is 35.7 Å². The number of hydrogen-bond donors (Lipinski definition) is 2. The number of aromatic nitrogens is 2. The molecule has 204 valence electrons. The Bertz CT molecular complexity index is 1380. The summed E-state index contributed by atoms with van der Waals surface area (Å²) in [6.07, 6.45) is 4.66. The molecule has 2 aliphatic rings. The second-order valence-electron chi connectivity index (χ2n) is 11.0. The number of rotatable bonds is 8. The Hall–Kier alpha value is -3.20. The van der Waals surface area contributed by atoms with Crippen molar-refractivity contribution < 1.29 is 9.53 Å². The Morgan fingerprint density at radius 3 is 2.49 bits per heavy atom. The van der Waals surface area contributed by atoms with Gasteiger partial charge in [-0.3, -0.25) is 14.8 Å². The summed E-state index contributed by atoms with van der Waals surface area (Å²) in [6.45, 7) is 8.60. The lowest BCUT2D eigenvalue weighted by atomic mass is 10.1. The quantitative estimate of drug-likeness (QED) is 0.272. The van der Waals surface area contributed by atoms with E-state index in [-0.39, 0.29) is 18.1 Å². The maximum Gasteiger partial charge on any atom is 0.246 e. The Kier molecular flexibility index (Phi) is 7.68. The first-order valence-corrected chi connectivity index (χ1v) is 15.1. The molecule has 6 rings (SSSR count). The van der Waals surface area contributed by atoms with Crippen molar-refractivity contribution in [3.63, 3.8) is 0 Å². The number of anilines is 1. The van der Waals surface area contributed by atoms with Gasteiger partial charge in [0.1, 0.15) is 17.9 Å². The fourth-order valence-electron chi connectivity index (χ4n) is 5.87. The highest BCUT2D eigenvalue weighted by atomic mass is 32.1. The highest BCUT2D eigenvalue weighted by molar-refractivity contribution is 7.08. The number of carbonyl (C=O) groups excluding carboxylic acids is 1. The lowest BCUT2D eigenvalue weighted by molar-refractivity contribution is -0.121. The maximum atomic E-state index is 13.5. The lowest BCUT2D eigenvalue weighted by Crippen LogP contribution is -2.41. The smallest absolute Gasteiger partial charge is 0.246 e. The second-order valence-corrected chi connectivity index (χ2v) is 11.8. The lowest BCUT2D eigenvalue weighted by Gasteiger charge is -2.34. The first-order chi connectivity index (χ1) is 19.0. The molecule has 7 nitrogen and oxygen atoms in total. The number of carbonyl (C=O) groups is 1. The number of amides is 1. The van der Waals surface area contributed by atoms with Crippen LogP contribution < -0.4 is 10.1 Å². The summed E-state index contributed by atoms with van der Waals surface area (Å²) in [4.78, 5) is 18.3. The van der Waals surface area contributed by atoms with Crippen LogP contribution in [0.25, 0.3) is 22.2 Å². The Balaban J connectivity index is 1.16. The summed E-state index contributed by atoms with van der Waals surface area (Å²) >= 11 is 1.63. The highest BCUT2D eigenvalue weighted by Gasteiger charge is 2.30. The van der Waals surface area contributed by atoms with Crippen LogP contribution in [0.1, 0.15) is 51.1 Å². The third-order valence-electron chi connectivity index (χ3n) is 8.08. The fourth-order valence-corrected chi connectivity index (χ4v) is 6.55. The third kappa shape index (κ3) is 5.73. The van der Waals surface area contributed by atoms with E-state index in [4.69, 9.17) is 4.74 Å². The van der Waals surface area contributed by atoms with Gasteiger partial charge in [0.15, 0.2) is 0 Å². The number of piperidine rings is 1. The third-order valence-corrected chi connectivity index (χ3v) is 8.78. The topological polar surface area (TPSA) is 73.5 Å². The maximum absolute atomic E-state index is 13.5. The van der Waals surface area contributed by atoms with E-state index < -0.39 is 0 Å². The zero-order valence-corrected chi connectivity index (χ0v) is 23.5. The van der Waals surface area contributed by atoms with Gasteiger partial charge in [-0.2, -0.15) is 16.4 Å². The van der Waals surface area contributed by atoms with Crippen molar-refractivity contribution in [2.45, 2.75) is 57.7 Å². The molecule has 0 spiro atoms. The number of thiophene rings is 1. The Morgan fingerprint density at radius 2 is 1.79 bits per heavy atom. The number of nitrogens with one attached hydrogen (secondary N) is 2. The van der Waals surface area contributed by atoms with Crippen LogP contribution in [-0.4, -0.2) is 64.2 Å². The van der Waals surface area contributed by atoms with Crippen molar-refractivity contribution in [3.05, 3.63) is 64.9 Å². The molecule has 39 heavy (non-hydrogen) atoms. The molecular formula is C31H37N5O2S. The number of benzene rings is 2. The van der Waals surface area contributed by atoms with Gasteiger partial charge in [-0.1, -0.05) is 0 Å². The van der Waals surface area contributed by atoms with Gasteiger partial charge in [-0.25, -0.2) is 0 Å². The van der Waals surface area contributed by atoms with E-state index in [0.29, 0.717) is 6.04 Å². The van der Waals surface area contributed by atoms with Crippen molar-refractivity contribution >= 4 is 33.8 Å². The van der Waals surface area contributed by atoms with Gasteiger partial charge in [0.2, 0.25) is 5.91 Å². The van der Waals surface area contributed by atoms with Gasteiger partial charge in [-0.05, 0) is 117 Å². The number of ether oxygens (including phenoxy) is 1. The normalized spacial score (nSPS) is 18.1. The second kappa shape index (κ2) is 11.5. The number of hydrogen-bond acceptors (Lipinski definition) is 6. The summed E-state index contributed by atoms with van der Waals surface area (Å²) in [5.41, 5.74) is 4.67. The summed E-state index contributed by atoms with van der Waals surface area (Å²) < 4.78 is 6.30. The molecular weight excluding hydrogens is 506 g/mol. The van der Waals surface area contributed by atoms with Crippen molar-refractivity contribution in [3.8, 4) is 17.0 Å². The molecule has 4 aromatic rings. The SMILES string of the molecule is CC(C)N1CCC(Oc2ccc(-c3n[nH]c4ccc(NC(=O)C(c5ccsc5)N5CCCC5)cc34)cc2)CC1. The van der Waals surface area contributed by atoms with Crippen LogP contribution in [-0.2, 0) is 4.79 Å². The molecule has 1 atom stereocenters. The molecule has 2 fully saturated rings. The Labute approximate surface area is 234 Å². The van der Waals surface area contributed by atoms with Gasteiger partial charge < -0.3 is 15.0 Å². The van der Waals surface area contributed by atoms with Gasteiger partial charge in [0.05, 0.1) is 11.2 Å². The van der Waals surface area contributed by atoms with E-state index in [1.54, 1.807) is 11.3 Å². The zero-order valence-electron chi connectivity index (χ0n) is 22.7. The first-order valence-electron chi connectivity index (χ1n) is 14.1. The standard InChI is InChI=1S/C31H37N5O2S/c1-21(2)35-16-11-26(12-17-35)38-25-8-5-22(6-9-25)29-27-19-24(7-10-28(27)33-34-29)32-31(37)30(23-13-18-39-20-23)36-14-3-4-15-36/h5-10,13,18-21,26,30H,3-4,11-12,14-17H2,1-2H3,(H,32,37)(H,33,34). The summed E-state index contributed by atoms with van der Waals surface area (Å²) in [7, 11) is 0. The number of nitrogens with zero attached hydrogens (tertiary/aromatic N) is 3. The highest BCUT2D eigenvalue weighted by Crippen LogP contribution is 2.32.